The van der Waals surface area contributed by atoms with Crippen LogP contribution in [0.1, 0.15) is 12.8 Å². The molecule has 0 amide bonds. The van der Waals surface area contributed by atoms with E-state index < -0.39 is 15.6 Å². The molecule has 4 bridgehead atoms. The summed E-state index contributed by atoms with van der Waals surface area (Å²) < 4.78 is 58.9. The fraction of sp³-hybridized carbons (Fsp3) is 1.00. The third kappa shape index (κ3) is 2.38. The molecule has 8 heteroatoms. The third-order valence-corrected chi connectivity index (χ3v) is 6.57. The molecule has 0 aromatic carbocycles. The van der Waals surface area contributed by atoms with Gasteiger partial charge in [0.2, 0.25) is 0 Å². The van der Waals surface area contributed by atoms with Gasteiger partial charge in [-0.25, -0.2) is 8.42 Å². The van der Waals surface area contributed by atoms with Crippen LogP contribution in [0.2, 0.25) is 0 Å². The minimum Gasteiger partial charge on any atom is -0.741 e. The SMILES string of the molecule is C[S+](C)[C@H]1C2CC3C1[C@@H]3C2.O=S(=O)([O-])C(F)(F)F. The van der Waals surface area contributed by atoms with Gasteiger partial charge in [0.05, 0.1) is 12.5 Å². The molecule has 4 saturated carbocycles. The summed E-state index contributed by atoms with van der Waals surface area (Å²) in [7, 11) is -5.36. The monoisotopic (exact) mass is 304 g/mol. The van der Waals surface area contributed by atoms with Gasteiger partial charge in [0.15, 0.2) is 10.1 Å². The number of rotatable bonds is 1. The highest BCUT2D eigenvalue weighted by Crippen LogP contribution is 2.71. The van der Waals surface area contributed by atoms with Crippen molar-refractivity contribution >= 4 is 21.0 Å². The largest absolute Gasteiger partial charge is 0.741 e. The summed E-state index contributed by atoms with van der Waals surface area (Å²) in [5.74, 6) is 4.86. The molecule has 0 N–H and O–H groups in total. The van der Waals surface area contributed by atoms with Crippen molar-refractivity contribution in [3.63, 3.8) is 0 Å². The minimum atomic E-state index is -6.09. The quantitative estimate of drug-likeness (QED) is 0.420. The Kier molecular flexibility index (Phi) is 3.43. The van der Waals surface area contributed by atoms with E-state index in [1.807, 2.05) is 0 Å². The highest BCUT2D eigenvalue weighted by Gasteiger charge is 2.72. The molecule has 0 heterocycles. The molecule has 4 rings (SSSR count). The molecule has 106 valence electrons. The molecule has 3 nitrogen and oxygen atoms in total. The number of hydrogen-bond donors (Lipinski definition) is 0. The van der Waals surface area contributed by atoms with Crippen molar-refractivity contribution in [2.75, 3.05) is 12.5 Å². The van der Waals surface area contributed by atoms with Crippen LogP contribution in [0, 0.1) is 23.7 Å². The smallest absolute Gasteiger partial charge is 0.485 e. The minimum absolute atomic E-state index is 0.732. The lowest BCUT2D eigenvalue weighted by molar-refractivity contribution is -0.0517. The van der Waals surface area contributed by atoms with Crippen molar-refractivity contribution in [1.82, 2.24) is 0 Å². The van der Waals surface area contributed by atoms with Crippen LogP contribution in [0.25, 0.3) is 0 Å². The summed E-state index contributed by atoms with van der Waals surface area (Å²) >= 11 is 0. The maximum atomic E-state index is 10.7. The van der Waals surface area contributed by atoms with E-state index in [4.69, 9.17) is 13.0 Å². The van der Waals surface area contributed by atoms with Gasteiger partial charge >= 0.3 is 5.51 Å². The summed E-state index contributed by atoms with van der Waals surface area (Å²) in [6, 6.07) is 0. The summed E-state index contributed by atoms with van der Waals surface area (Å²) in [6.45, 7) is 0. The lowest BCUT2D eigenvalue weighted by Gasteiger charge is -2.09. The van der Waals surface area contributed by atoms with Gasteiger partial charge in [-0.05, 0) is 35.6 Å². The average Bonchev–Trinajstić information content (AvgIpc) is 2.59. The second-order valence-electron chi connectivity index (χ2n) is 5.38. The van der Waals surface area contributed by atoms with Crippen LogP contribution in [0.4, 0.5) is 13.2 Å². The Bertz CT molecular complexity index is 418. The van der Waals surface area contributed by atoms with E-state index in [0.717, 1.165) is 10.9 Å². The molecular formula is C10H15F3O3S2. The molecule has 0 saturated heterocycles. The van der Waals surface area contributed by atoms with Gasteiger partial charge in [-0.15, -0.1) is 0 Å². The third-order valence-electron chi connectivity index (χ3n) is 4.22. The van der Waals surface area contributed by atoms with Crippen LogP contribution in [-0.4, -0.2) is 36.2 Å². The molecule has 18 heavy (non-hydrogen) atoms. The topological polar surface area (TPSA) is 57.2 Å². The van der Waals surface area contributed by atoms with Crippen molar-refractivity contribution in [3.05, 3.63) is 0 Å². The number of hydrogen-bond acceptors (Lipinski definition) is 3. The highest BCUT2D eigenvalue weighted by molar-refractivity contribution is 7.96. The Morgan fingerprint density at radius 3 is 1.67 bits per heavy atom. The van der Waals surface area contributed by atoms with Crippen molar-refractivity contribution in [2.24, 2.45) is 23.7 Å². The Hall–Kier alpha value is 0.0500. The summed E-state index contributed by atoms with van der Waals surface area (Å²) in [6.07, 6.45) is 8.12. The van der Waals surface area contributed by atoms with E-state index >= 15 is 0 Å². The van der Waals surface area contributed by atoms with Crippen molar-refractivity contribution in [3.8, 4) is 0 Å². The van der Waals surface area contributed by atoms with Gasteiger partial charge in [-0.3, -0.25) is 0 Å². The maximum absolute atomic E-state index is 10.7. The fourth-order valence-electron chi connectivity index (χ4n) is 3.70. The van der Waals surface area contributed by atoms with E-state index in [0.29, 0.717) is 0 Å². The molecule has 0 aromatic heterocycles. The lowest BCUT2D eigenvalue weighted by Crippen LogP contribution is -2.22. The van der Waals surface area contributed by atoms with Gasteiger partial charge in [0, 0.05) is 11.8 Å². The van der Waals surface area contributed by atoms with Gasteiger partial charge in [0.25, 0.3) is 0 Å². The van der Waals surface area contributed by atoms with E-state index in [9.17, 15) is 13.2 Å². The van der Waals surface area contributed by atoms with Crippen LogP contribution < -0.4 is 0 Å². The predicted octanol–water partition coefficient (Wildman–Crippen LogP) is 1.57. The zero-order valence-electron chi connectivity index (χ0n) is 9.98. The summed E-state index contributed by atoms with van der Waals surface area (Å²) in [4.78, 5) is 0. The molecule has 4 fully saturated rings. The maximum Gasteiger partial charge on any atom is 0.485 e. The molecule has 0 radical (unpaired) electrons. The first kappa shape index (κ1) is 14.5. The molecule has 4 aliphatic carbocycles. The zero-order valence-corrected chi connectivity index (χ0v) is 11.6. The second-order valence-corrected chi connectivity index (χ2v) is 9.06. The standard InChI is InChI=1S/C9H15S.CHF3O3S/c1-10(2)9-5-3-6-7(4-5)8(6)9;2-1(3,4)8(5,6)7/h5-9H,3-4H2,1-2H3;(H,5,6,7)/q+1;/p-1/t5?,6-,7?,8?,9+;/m1./s1. The van der Waals surface area contributed by atoms with Crippen LogP contribution in [-0.2, 0) is 21.0 Å². The Labute approximate surface area is 107 Å². The van der Waals surface area contributed by atoms with Gasteiger partial charge in [-0.1, -0.05) is 0 Å². The molecule has 4 aliphatic rings. The van der Waals surface area contributed by atoms with Crippen molar-refractivity contribution < 1.29 is 26.1 Å². The average molecular weight is 304 g/mol. The summed E-state index contributed by atoms with van der Waals surface area (Å²) in [5, 5.41) is 1.18. The normalized spacial score (nSPS) is 40.7. The highest BCUT2D eigenvalue weighted by atomic mass is 32.2. The van der Waals surface area contributed by atoms with Crippen LogP contribution in [0.5, 0.6) is 0 Å². The Balaban J connectivity index is 0.000000139. The molecule has 0 aromatic rings. The molecule has 0 spiro atoms. The van der Waals surface area contributed by atoms with E-state index in [1.54, 1.807) is 12.8 Å². The van der Waals surface area contributed by atoms with Gasteiger partial charge < -0.3 is 4.55 Å². The van der Waals surface area contributed by atoms with Crippen LogP contribution in [0.3, 0.4) is 0 Å². The van der Waals surface area contributed by atoms with Gasteiger partial charge in [0.1, 0.15) is 5.25 Å². The molecular weight excluding hydrogens is 289 g/mol. The predicted molar refractivity (Wildman–Crippen MR) is 61.9 cm³/mol. The second kappa shape index (κ2) is 4.28. The molecule has 5 atom stereocenters. The van der Waals surface area contributed by atoms with Crippen LogP contribution >= 0.6 is 0 Å². The first-order valence-electron chi connectivity index (χ1n) is 5.62. The van der Waals surface area contributed by atoms with E-state index in [1.165, 1.54) is 28.9 Å². The Morgan fingerprint density at radius 2 is 1.56 bits per heavy atom. The first-order valence-corrected chi connectivity index (χ1v) is 9.14. The number of alkyl halides is 3. The lowest BCUT2D eigenvalue weighted by atomic mass is 10.1. The number of halogens is 3. The van der Waals surface area contributed by atoms with E-state index in [-0.39, 0.29) is 0 Å². The molecule has 0 aliphatic heterocycles. The zero-order chi connectivity index (χ0) is 13.9. The Morgan fingerprint density at radius 1 is 1.17 bits per heavy atom. The summed E-state index contributed by atoms with van der Waals surface area (Å²) in [5.41, 5.74) is -5.65. The van der Waals surface area contributed by atoms with Crippen molar-refractivity contribution in [2.45, 2.75) is 23.6 Å². The van der Waals surface area contributed by atoms with E-state index in [2.05, 4.69) is 12.5 Å². The fourth-order valence-corrected chi connectivity index (χ4v) is 5.73. The molecule has 3 unspecified atom stereocenters. The first-order chi connectivity index (χ1) is 8.04. The van der Waals surface area contributed by atoms with Gasteiger partial charge in [-0.2, -0.15) is 13.2 Å². The van der Waals surface area contributed by atoms with Crippen LogP contribution in [0.15, 0.2) is 0 Å². The van der Waals surface area contributed by atoms with Crippen molar-refractivity contribution in [1.29, 1.82) is 0 Å².